The van der Waals surface area contributed by atoms with Gasteiger partial charge in [-0.25, -0.2) is 19.6 Å². The molecule has 77 heavy (non-hydrogen) atoms. The molecule has 2 saturated carbocycles. The topological polar surface area (TPSA) is 175 Å². The number of amides is 4. The zero-order chi connectivity index (χ0) is 53.4. The van der Waals surface area contributed by atoms with Crippen LogP contribution < -0.4 is 10.6 Å². The molecular weight excluding hydrogens is 1000 g/mol. The number of aromatic nitrogens is 4. The Hall–Kier alpha value is -6.00. The maximum atomic E-state index is 14.1. The molecule has 4 N–H and O–H groups in total. The zero-order valence-electron chi connectivity index (χ0n) is 45.2. The quantitative estimate of drug-likeness (QED) is 0.0845. The van der Waals surface area contributed by atoms with Crippen molar-refractivity contribution in [3.05, 3.63) is 119 Å². The van der Waals surface area contributed by atoms with Crippen molar-refractivity contribution in [1.82, 2.24) is 40.4 Å². The van der Waals surface area contributed by atoms with E-state index in [1.165, 1.54) is 47.6 Å². The number of benzene rings is 2. The van der Waals surface area contributed by atoms with Crippen molar-refractivity contribution in [3.63, 3.8) is 0 Å². The van der Waals surface area contributed by atoms with E-state index in [1.54, 1.807) is 23.5 Å². The lowest BCUT2D eigenvalue weighted by molar-refractivity contribution is -0.135. The number of nitrogens with one attached hydrogen (secondary N) is 4. The second-order valence-electron chi connectivity index (χ2n) is 23.1. The normalized spacial score (nSPS) is 24.5. The van der Waals surface area contributed by atoms with Crippen LogP contribution in [-0.2, 0) is 19.1 Å². The van der Waals surface area contributed by atoms with Gasteiger partial charge >= 0.3 is 12.2 Å². The molecule has 0 unspecified atom stereocenters. The summed E-state index contributed by atoms with van der Waals surface area (Å²) in [6.07, 6.45) is 28.8. The number of ether oxygens (including phenoxy) is 2. The summed E-state index contributed by atoms with van der Waals surface area (Å²) < 4.78 is 9.78. The lowest BCUT2D eigenvalue weighted by atomic mass is 9.71. The monoisotopic (exact) mass is 1080 g/mol. The minimum absolute atomic E-state index is 0.0714. The van der Waals surface area contributed by atoms with Gasteiger partial charge in [0.05, 0.1) is 50.1 Å². The van der Waals surface area contributed by atoms with E-state index in [4.69, 9.17) is 19.4 Å². The van der Waals surface area contributed by atoms with Crippen molar-refractivity contribution in [2.24, 2.45) is 28.6 Å². The van der Waals surface area contributed by atoms with Gasteiger partial charge in [0.15, 0.2) is 0 Å². The second kappa shape index (κ2) is 22.4. The Morgan fingerprint density at radius 2 is 1.23 bits per heavy atom. The molecule has 2 aromatic heterocycles. The first-order valence-electron chi connectivity index (χ1n) is 27.8. The third-order valence-electron chi connectivity index (χ3n) is 18.1. The highest BCUT2D eigenvalue weighted by Crippen LogP contribution is 2.59. The molecule has 14 rings (SSSR count). The van der Waals surface area contributed by atoms with Gasteiger partial charge in [0, 0.05) is 13.1 Å². The highest BCUT2D eigenvalue weighted by atomic mass is 32.2. The number of allylic oxidation sites excluding steroid dienone is 8. The number of H-pyrrole nitrogens is 2. The van der Waals surface area contributed by atoms with Crippen LogP contribution in [0.15, 0.2) is 96.4 Å². The van der Waals surface area contributed by atoms with Gasteiger partial charge in [-0.1, -0.05) is 85.3 Å². The number of likely N-dealkylation sites (tertiary alicyclic amines) is 2. The molecule has 2 spiro atoms. The van der Waals surface area contributed by atoms with E-state index in [0.29, 0.717) is 43.7 Å². The minimum atomic E-state index is -0.649. The van der Waals surface area contributed by atoms with Gasteiger partial charge in [-0.05, 0) is 175 Å². The molecule has 10 aliphatic rings. The molecule has 4 fully saturated rings. The van der Waals surface area contributed by atoms with Crippen LogP contribution >= 0.6 is 23.5 Å². The standard InChI is InChI=1S/C61H74N8O6S2/c1-37-28-45-9-7-38(29-46(45)40-10-15-42(16-11-40)50-33-62-54(64-50)52-31-60(22-23-60)35-68(52)56(70)48(20-26-76-4)66-58(72)74-2)6-8-39-14-19-44(37)30-47(39)41-12-17-43(18-13-41)51-34-63-55(65-51)53-32-61(24-25-61)36-69(53)57(71)49(21-27-77-5)67-59(73)75-3/h7,10-19,29,33-34,37,44-45,48-49,52-53H,6,8-9,20-28,30-32,35-36H2,1-5H3,(H,62,64)(H,63,65)(H,66,72)(H,67,73)/t37-,44-,45-,48+,49+,52+,53+/m1/s1. The first-order chi connectivity index (χ1) is 37.4. The van der Waals surface area contributed by atoms with Crippen molar-refractivity contribution in [2.45, 2.75) is 115 Å². The predicted octanol–water partition coefficient (Wildman–Crippen LogP) is 11.7. The Kier molecular flexibility index (Phi) is 15.4. The lowest BCUT2D eigenvalue weighted by Gasteiger charge is -2.33. The van der Waals surface area contributed by atoms with Crippen molar-refractivity contribution in [1.29, 1.82) is 0 Å². The highest BCUT2D eigenvalue weighted by Gasteiger charge is 2.56. The maximum Gasteiger partial charge on any atom is 0.407 e. The average Bonchev–Trinajstić information content (AvgIpc) is 4.16. The molecule has 7 atom stereocenters. The summed E-state index contributed by atoms with van der Waals surface area (Å²) in [6.45, 7) is 3.80. The number of carbonyl (C=O) groups is 4. The third-order valence-corrected chi connectivity index (χ3v) is 19.3. The van der Waals surface area contributed by atoms with Crippen LogP contribution in [0.3, 0.4) is 0 Å². The number of hydrogen-bond donors (Lipinski definition) is 4. The van der Waals surface area contributed by atoms with Crippen molar-refractivity contribution in [2.75, 3.05) is 51.3 Å². The molecule has 14 nitrogen and oxygen atoms in total. The van der Waals surface area contributed by atoms with Gasteiger partial charge in [-0.15, -0.1) is 0 Å². The van der Waals surface area contributed by atoms with Crippen molar-refractivity contribution in [3.8, 4) is 22.5 Å². The first-order valence-corrected chi connectivity index (χ1v) is 30.6. The Balaban J connectivity index is 0.772. The molecule has 4 amide bonds. The summed E-state index contributed by atoms with van der Waals surface area (Å²) in [5.74, 6) is 4.25. The van der Waals surface area contributed by atoms with Gasteiger partial charge in [-0.2, -0.15) is 23.5 Å². The number of alkyl carbamates (subject to hydrolysis) is 2. The summed E-state index contributed by atoms with van der Waals surface area (Å²) in [5.41, 5.74) is 12.4. The van der Waals surface area contributed by atoms with Crippen LogP contribution in [-0.4, -0.2) is 117 Å². The van der Waals surface area contributed by atoms with Crippen molar-refractivity contribution >= 4 is 58.7 Å². The second-order valence-corrected chi connectivity index (χ2v) is 25.1. The van der Waals surface area contributed by atoms with E-state index >= 15 is 0 Å². The smallest absolute Gasteiger partial charge is 0.407 e. The molecule has 0 radical (unpaired) electrons. The van der Waals surface area contributed by atoms with E-state index in [2.05, 4.69) is 100 Å². The predicted molar refractivity (Wildman–Crippen MR) is 306 cm³/mol. The fourth-order valence-electron chi connectivity index (χ4n) is 13.0. The Morgan fingerprint density at radius 3 is 1.73 bits per heavy atom. The lowest BCUT2D eigenvalue weighted by Crippen LogP contribution is -2.49. The molecule has 2 saturated heterocycles. The molecule has 4 heterocycles. The summed E-state index contributed by atoms with van der Waals surface area (Å²) in [5, 5.41) is 5.61. The van der Waals surface area contributed by atoms with Crippen LogP contribution in [0.1, 0.15) is 125 Å². The van der Waals surface area contributed by atoms with Gasteiger partial charge in [0.25, 0.3) is 0 Å². The summed E-state index contributed by atoms with van der Waals surface area (Å²) in [4.78, 5) is 73.7. The van der Waals surface area contributed by atoms with Gasteiger partial charge in [0.1, 0.15) is 23.7 Å². The zero-order valence-corrected chi connectivity index (χ0v) is 46.8. The Bertz CT molecular complexity index is 2990. The number of aromatic amines is 2. The van der Waals surface area contributed by atoms with Crippen LogP contribution in [0.5, 0.6) is 0 Å². The number of methoxy groups -OCH3 is 2. The van der Waals surface area contributed by atoms with Crippen LogP contribution in [0, 0.1) is 28.6 Å². The summed E-state index contributed by atoms with van der Waals surface area (Å²) in [7, 11) is 2.66. The molecule has 2 aromatic carbocycles. The first kappa shape index (κ1) is 53.0. The fraction of sp³-hybridized carbons (Fsp3) is 0.508. The van der Waals surface area contributed by atoms with E-state index in [-0.39, 0.29) is 34.7 Å². The molecular formula is C61H74N8O6S2. The Labute approximate surface area is 461 Å². The summed E-state index contributed by atoms with van der Waals surface area (Å²) >= 11 is 3.31. The van der Waals surface area contributed by atoms with Crippen LogP contribution in [0.4, 0.5) is 9.59 Å². The average molecular weight is 1080 g/mol. The maximum absolute atomic E-state index is 14.1. The van der Waals surface area contributed by atoms with Gasteiger partial charge in [0.2, 0.25) is 11.8 Å². The third kappa shape index (κ3) is 11.3. The molecule has 16 heteroatoms. The summed E-state index contributed by atoms with van der Waals surface area (Å²) in [6, 6.07) is 16.3. The number of hydrogen-bond acceptors (Lipinski definition) is 10. The fourth-order valence-corrected chi connectivity index (χ4v) is 14.0. The molecule has 4 aromatic rings. The molecule has 2 aliphatic heterocycles. The van der Waals surface area contributed by atoms with Crippen LogP contribution in [0.2, 0.25) is 0 Å². The van der Waals surface area contributed by atoms with E-state index in [9.17, 15) is 19.2 Å². The SMILES string of the molecule is COC(=O)N[C@@H](CCSC)C(=O)N1CC2(CC2)C[C@H]1c1ncc(-c2ccc(C3=CC4=CC[C@@H]3C[C@@H](C)[C@@H]3C=CC(=C(c5ccc(-c6cnc([C@@H]7CC8(CC8)CN7C(=O)[C@H](CCSC)NC(=O)OC)[nH]6)cc5)C3)CC4)cc2)[nH]1. The molecule has 8 aliphatic carbocycles. The van der Waals surface area contributed by atoms with E-state index < -0.39 is 24.3 Å². The number of carbonyl (C=O) groups excluding carboxylic acids is 4. The number of imidazole rings is 2. The highest BCUT2D eigenvalue weighted by molar-refractivity contribution is 7.98. The van der Waals surface area contributed by atoms with E-state index in [0.717, 1.165) is 116 Å². The Morgan fingerprint density at radius 1 is 0.727 bits per heavy atom. The van der Waals surface area contributed by atoms with Crippen LogP contribution in [0.25, 0.3) is 33.7 Å². The number of nitrogens with zero attached hydrogens (tertiary/aromatic N) is 4. The largest absolute Gasteiger partial charge is 0.453 e. The van der Waals surface area contributed by atoms with Gasteiger partial charge < -0.3 is 39.9 Å². The molecule has 406 valence electrons. The molecule has 4 bridgehead atoms. The number of thioether (sulfide) groups is 2. The minimum Gasteiger partial charge on any atom is -0.453 e. The van der Waals surface area contributed by atoms with Crippen molar-refractivity contribution < 1.29 is 28.7 Å². The number of rotatable bonds is 16. The van der Waals surface area contributed by atoms with Gasteiger partial charge in [-0.3, -0.25) is 9.59 Å². The van der Waals surface area contributed by atoms with E-state index in [1.807, 2.05) is 34.7 Å².